The third-order valence-corrected chi connectivity index (χ3v) is 10.0. The first-order chi connectivity index (χ1) is 30.3. The highest BCUT2D eigenvalue weighted by molar-refractivity contribution is 5.98. The van der Waals surface area contributed by atoms with Crippen LogP contribution in [0.5, 0.6) is 5.75 Å². The Bertz CT molecular complexity index is 2050. The lowest BCUT2D eigenvalue weighted by Crippen LogP contribution is -2.61. The number of nitrogens with one attached hydrogen (secondary N) is 6. The number of hydrogen-bond donors (Lipinski definition) is 11. The molecule has 0 saturated carbocycles. The van der Waals surface area contributed by atoms with E-state index in [1.807, 2.05) is 0 Å². The number of aliphatic carboxylic acids is 1. The quantitative estimate of drug-likeness (QED) is 0.0504. The lowest BCUT2D eigenvalue weighted by Gasteiger charge is -2.28. The number of rotatable bonds is 25. The van der Waals surface area contributed by atoms with Crippen molar-refractivity contribution in [2.24, 2.45) is 23.3 Å². The molecule has 7 atom stereocenters. The van der Waals surface area contributed by atoms with Crippen molar-refractivity contribution in [3.05, 3.63) is 102 Å². The summed E-state index contributed by atoms with van der Waals surface area (Å²) in [5.74, 6) is -8.17. The Morgan fingerprint density at radius 2 is 0.891 bits per heavy atom. The average Bonchev–Trinajstić information content (AvgIpc) is 3.24. The van der Waals surface area contributed by atoms with Gasteiger partial charge >= 0.3 is 5.97 Å². The zero-order valence-corrected chi connectivity index (χ0v) is 36.3. The Labute approximate surface area is 371 Å². The Kier molecular flexibility index (Phi) is 20.4. The molecule has 0 saturated heterocycles. The van der Waals surface area contributed by atoms with E-state index in [1.165, 1.54) is 24.3 Å². The Hall–Kier alpha value is -6.86. The van der Waals surface area contributed by atoms with E-state index in [4.69, 9.17) is 11.5 Å². The molecule has 7 amide bonds. The summed E-state index contributed by atoms with van der Waals surface area (Å²) < 4.78 is 0. The minimum Gasteiger partial charge on any atom is -0.508 e. The zero-order chi connectivity index (χ0) is 47.5. The molecule has 3 aromatic carbocycles. The standard InChI is InChI=1S/C45H60N8O11/c1-25(2)19-31(48-40(58)32(20-27-11-7-5-8-12-27)49-42(60)34(23-37(46)56)51-44(62)38(47)26(3)4)39(57)53-36(24-54)43(61)50-33(21-29-15-17-30(55)18-16-29)41(59)52-35(45(63)64)22-28-13-9-6-10-14-28/h5-18,25-26,31-36,38,54-55H,19-24,47H2,1-4H3,(H2,46,56)(H,48,58)(H,49,60)(H,50,61)(H,51,62)(H,52,59)(H,53,57)(H,63,64)/t31-,32-,33-,34-,35-,36-,38-/m0/s1. The van der Waals surface area contributed by atoms with Crippen LogP contribution in [0.2, 0.25) is 0 Å². The van der Waals surface area contributed by atoms with E-state index in [1.54, 1.807) is 88.4 Å². The number of amides is 7. The maximum Gasteiger partial charge on any atom is 0.326 e. The molecule has 0 unspecified atom stereocenters. The molecule has 3 rings (SSSR count). The van der Waals surface area contributed by atoms with Crippen molar-refractivity contribution < 1.29 is 53.7 Å². The van der Waals surface area contributed by atoms with Gasteiger partial charge in [0.2, 0.25) is 41.4 Å². The second-order valence-corrected chi connectivity index (χ2v) is 16.2. The second kappa shape index (κ2) is 25.3. The Morgan fingerprint density at radius 3 is 1.33 bits per heavy atom. The van der Waals surface area contributed by atoms with Crippen LogP contribution in [-0.2, 0) is 57.6 Å². The van der Waals surface area contributed by atoms with E-state index in [0.717, 1.165) is 0 Å². The van der Waals surface area contributed by atoms with Crippen LogP contribution in [0.3, 0.4) is 0 Å². The van der Waals surface area contributed by atoms with Crippen molar-refractivity contribution in [1.29, 1.82) is 0 Å². The summed E-state index contributed by atoms with van der Waals surface area (Å²) in [6.45, 7) is 5.95. The van der Waals surface area contributed by atoms with Gasteiger partial charge in [0.05, 0.1) is 19.1 Å². The van der Waals surface area contributed by atoms with Crippen molar-refractivity contribution >= 4 is 47.3 Å². The van der Waals surface area contributed by atoms with Crippen LogP contribution in [0.25, 0.3) is 0 Å². The number of carboxylic acids is 1. The summed E-state index contributed by atoms with van der Waals surface area (Å²) >= 11 is 0. The zero-order valence-electron chi connectivity index (χ0n) is 36.3. The molecular weight excluding hydrogens is 829 g/mol. The van der Waals surface area contributed by atoms with Crippen molar-refractivity contribution in [3.8, 4) is 5.75 Å². The van der Waals surface area contributed by atoms with Crippen LogP contribution >= 0.6 is 0 Å². The van der Waals surface area contributed by atoms with Gasteiger partial charge in [-0.1, -0.05) is 100 Å². The smallest absolute Gasteiger partial charge is 0.326 e. The summed E-state index contributed by atoms with van der Waals surface area (Å²) in [7, 11) is 0. The van der Waals surface area contributed by atoms with Gasteiger partial charge in [0.15, 0.2) is 0 Å². The summed E-state index contributed by atoms with van der Waals surface area (Å²) in [6.07, 6.45) is -0.960. The molecule has 0 bridgehead atoms. The van der Waals surface area contributed by atoms with Crippen molar-refractivity contribution in [3.63, 3.8) is 0 Å². The number of primary amides is 1. The number of aliphatic hydroxyl groups is 1. The van der Waals surface area contributed by atoms with Crippen molar-refractivity contribution in [2.45, 2.75) is 102 Å². The lowest BCUT2D eigenvalue weighted by molar-refractivity contribution is -0.142. The van der Waals surface area contributed by atoms with E-state index in [-0.39, 0.29) is 43.3 Å². The maximum absolute atomic E-state index is 14.1. The maximum atomic E-state index is 14.1. The normalized spacial score (nSPS) is 14.4. The van der Waals surface area contributed by atoms with Crippen LogP contribution in [0, 0.1) is 11.8 Å². The third kappa shape index (κ3) is 17.1. The van der Waals surface area contributed by atoms with E-state index in [2.05, 4.69) is 31.9 Å². The molecule has 3 aromatic rings. The van der Waals surface area contributed by atoms with Gasteiger partial charge in [-0.2, -0.15) is 0 Å². The van der Waals surface area contributed by atoms with Crippen molar-refractivity contribution in [2.75, 3.05) is 6.61 Å². The fourth-order valence-corrected chi connectivity index (χ4v) is 6.43. The van der Waals surface area contributed by atoms with Gasteiger partial charge in [-0.15, -0.1) is 0 Å². The number of nitrogens with two attached hydrogens (primary N) is 2. The second-order valence-electron chi connectivity index (χ2n) is 16.2. The average molecular weight is 889 g/mol. The number of carboxylic acid groups (broad SMARTS) is 1. The fourth-order valence-electron chi connectivity index (χ4n) is 6.43. The molecule has 19 heteroatoms. The predicted octanol–water partition coefficient (Wildman–Crippen LogP) is -0.689. The van der Waals surface area contributed by atoms with Gasteiger partial charge in [-0.25, -0.2) is 4.79 Å². The molecule has 346 valence electrons. The fraction of sp³-hybridized carbons (Fsp3) is 0.422. The van der Waals surface area contributed by atoms with Gasteiger partial charge < -0.3 is 58.7 Å². The summed E-state index contributed by atoms with van der Waals surface area (Å²) in [6, 6.07) is 13.1. The molecule has 0 radical (unpaired) electrons. The summed E-state index contributed by atoms with van der Waals surface area (Å²) in [5.41, 5.74) is 13.0. The van der Waals surface area contributed by atoms with E-state index in [9.17, 15) is 53.7 Å². The predicted molar refractivity (Wildman–Crippen MR) is 234 cm³/mol. The van der Waals surface area contributed by atoms with Crippen molar-refractivity contribution in [1.82, 2.24) is 31.9 Å². The third-order valence-electron chi connectivity index (χ3n) is 10.0. The summed E-state index contributed by atoms with van der Waals surface area (Å²) in [4.78, 5) is 106. The van der Waals surface area contributed by atoms with Gasteiger partial charge in [0, 0.05) is 19.3 Å². The van der Waals surface area contributed by atoms with E-state index >= 15 is 0 Å². The molecule has 13 N–H and O–H groups in total. The minimum atomic E-state index is -1.68. The molecule has 19 nitrogen and oxygen atoms in total. The summed E-state index contributed by atoms with van der Waals surface area (Å²) in [5, 5.41) is 45.1. The molecule has 0 spiro atoms. The number of phenolic OH excluding ortho intramolecular Hbond substituents is 1. The van der Waals surface area contributed by atoms with Crippen LogP contribution in [0.4, 0.5) is 0 Å². The number of carbonyl (C=O) groups is 8. The lowest BCUT2D eigenvalue weighted by atomic mass is 10.00. The van der Waals surface area contributed by atoms with E-state index in [0.29, 0.717) is 16.7 Å². The first-order valence-electron chi connectivity index (χ1n) is 20.8. The molecule has 0 aliphatic rings. The van der Waals surface area contributed by atoms with Crippen LogP contribution < -0.4 is 43.4 Å². The molecule has 0 heterocycles. The van der Waals surface area contributed by atoms with E-state index < -0.39 is 103 Å². The molecule has 0 aliphatic carbocycles. The largest absolute Gasteiger partial charge is 0.508 e. The number of benzene rings is 3. The first kappa shape index (κ1) is 51.5. The molecule has 0 aromatic heterocycles. The van der Waals surface area contributed by atoms with Gasteiger partial charge in [0.1, 0.15) is 42.0 Å². The van der Waals surface area contributed by atoms with Crippen LogP contribution in [0.1, 0.15) is 57.2 Å². The first-order valence-corrected chi connectivity index (χ1v) is 20.8. The highest BCUT2D eigenvalue weighted by Crippen LogP contribution is 2.14. The molecule has 64 heavy (non-hydrogen) atoms. The van der Waals surface area contributed by atoms with Gasteiger partial charge in [-0.05, 0) is 47.1 Å². The number of aromatic hydroxyl groups is 1. The monoisotopic (exact) mass is 888 g/mol. The topological polar surface area (TPSA) is 321 Å². The molecule has 0 fully saturated rings. The Balaban J connectivity index is 1.86. The van der Waals surface area contributed by atoms with Crippen LogP contribution in [0.15, 0.2) is 84.9 Å². The number of hydrogen-bond acceptors (Lipinski definition) is 11. The number of phenols is 1. The van der Waals surface area contributed by atoms with Crippen LogP contribution in [-0.4, -0.2) is 112 Å². The highest BCUT2D eigenvalue weighted by Gasteiger charge is 2.34. The SMILES string of the molecule is CC(C)C[C@H](NC(=O)[C@H](Cc1ccccc1)NC(=O)[C@H](CC(N)=O)NC(=O)[C@@H](N)C(C)C)C(=O)N[C@@H](CO)C(=O)N[C@@H](Cc1ccc(O)cc1)C(=O)N[C@@H](Cc1ccccc1)C(=O)O. The number of aliphatic hydroxyl groups excluding tert-OH is 1. The molecule has 0 aliphatic heterocycles. The highest BCUT2D eigenvalue weighted by atomic mass is 16.4. The van der Waals surface area contributed by atoms with Gasteiger partial charge in [-0.3, -0.25) is 33.6 Å². The number of carbonyl (C=O) groups excluding carboxylic acids is 7. The minimum absolute atomic E-state index is 0.0146. The van der Waals surface area contributed by atoms with Gasteiger partial charge in [0.25, 0.3) is 0 Å². The molecular formula is C45H60N8O11. The Morgan fingerprint density at radius 1 is 0.516 bits per heavy atom.